The average Bonchev–Trinajstić information content (AvgIpc) is 3.17. The van der Waals surface area contributed by atoms with Crippen molar-refractivity contribution in [2.45, 2.75) is 25.8 Å². The molecule has 0 fully saturated rings. The fourth-order valence-corrected chi connectivity index (χ4v) is 3.65. The van der Waals surface area contributed by atoms with E-state index in [1.165, 1.54) is 13.2 Å². The van der Waals surface area contributed by atoms with Crippen LogP contribution in [0.5, 0.6) is 5.75 Å². The van der Waals surface area contributed by atoms with Gasteiger partial charge in [-0.2, -0.15) is 0 Å². The molecule has 0 unspecified atom stereocenters. The van der Waals surface area contributed by atoms with Gasteiger partial charge in [-0.15, -0.1) is 0 Å². The number of nitrogens with one attached hydrogen (secondary N) is 4. The topological polar surface area (TPSA) is 91.1 Å². The van der Waals surface area contributed by atoms with Crippen molar-refractivity contribution in [2.24, 2.45) is 0 Å². The number of carbonyl (C=O) groups excluding carboxylic acids is 1. The molecule has 1 aliphatic heterocycles. The number of pyridine rings is 1. The minimum atomic E-state index is -0.498. The predicted molar refractivity (Wildman–Crippen MR) is 126 cm³/mol. The van der Waals surface area contributed by atoms with Gasteiger partial charge in [-0.05, 0) is 39.1 Å². The molecule has 4 N–H and O–H groups in total. The van der Waals surface area contributed by atoms with Crippen molar-refractivity contribution in [1.82, 2.24) is 20.6 Å². The molecule has 1 amide bonds. The molecule has 170 valence electrons. The third kappa shape index (κ3) is 4.41. The maximum atomic E-state index is 14.3. The van der Waals surface area contributed by atoms with Crippen molar-refractivity contribution in [3.8, 4) is 28.8 Å². The van der Waals surface area contributed by atoms with E-state index < -0.39 is 11.4 Å². The number of anilines is 2. The Balaban J connectivity index is 1.90. The molecule has 2 aromatic heterocycles. The smallest absolute Gasteiger partial charge is 0.255 e. The van der Waals surface area contributed by atoms with Crippen molar-refractivity contribution in [1.29, 1.82) is 0 Å². The van der Waals surface area contributed by atoms with Crippen molar-refractivity contribution >= 4 is 17.3 Å². The lowest BCUT2D eigenvalue weighted by Crippen LogP contribution is -2.34. The number of para-hydroxylation sites is 1. The van der Waals surface area contributed by atoms with Crippen LogP contribution in [0.1, 0.15) is 35.5 Å². The molecular weight excluding hydrogens is 421 g/mol. The number of halogens is 1. The Morgan fingerprint density at radius 3 is 2.85 bits per heavy atom. The lowest BCUT2D eigenvalue weighted by atomic mass is 10.0. The number of carbonyl (C=O) groups is 1. The van der Waals surface area contributed by atoms with Crippen LogP contribution in [0.4, 0.5) is 15.8 Å². The molecule has 3 heterocycles. The number of H-pyrrole nitrogens is 1. The maximum absolute atomic E-state index is 14.3. The molecule has 0 saturated heterocycles. The summed E-state index contributed by atoms with van der Waals surface area (Å²) in [5, 5.41) is 9.29. The monoisotopic (exact) mass is 447 g/mol. The van der Waals surface area contributed by atoms with Crippen LogP contribution in [0.3, 0.4) is 0 Å². The summed E-state index contributed by atoms with van der Waals surface area (Å²) in [4.78, 5) is 20.5. The number of rotatable bonds is 5. The van der Waals surface area contributed by atoms with Crippen LogP contribution >= 0.6 is 0 Å². The molecule has 4 rings (SSSR count). The first-order chi connectivity index (χ1) is 15.8. The Labute approximate surface area is 192 Å². The van der Waals surface area contributed by atoms with Gasteiger partial charge in [0.25, 0.3) is 5.91 Å². The van der Waals surface area contributed by atoms with Crippen LogP contribution in [-0.2, 0) is 6.42 Å². The first-order valence-corrected chi connectivity index (χ1v) is 10.6. The number of ether oxygens (including phenoxy) is 1. The van der Waals surface area contributed by atoms with E-state index in [4.69, 9.17) is 4.74 Å². The first-order valence-electron chi connectivity index (χ1n) is 10.6. The van der Waals surface area contributed by atoms with Crippen LogP contribution < -0.4 is 20.7 Å². The Hall–Kier alpha value is -3.83. The molecular formula is C25H26FN5O2. The first kappa shape index (κ1) is 22.4. The zero-order chi connectivity index (χ0) is 23.6. The summed E-state index contributed by atoms with van der Waals surface area (Å²) in [6.45, 7) is 4.50. The molecule has 0 saturated carbocycles. The van der Waals surface area contributed by atoms with Gasteiger partial charge in [0.05, 0.1) is 40.8 Å². The number of fused-ring (bicyclic) bond motifs is 1. The Bertz CT molecular complexity index is 1270. The number of aromatic amines is 1. The standard InChI is InChI=1S/C25H26FN5O2/c1-25(2,27-3)11-8-15-14-28-12-9-16(15)21-22(20-18(30-21)10-13-29-24(20)32)31-19-7-5-6-17(26)23(19)33-4/h5-7,9,12,14,27,30-31H,10,13H2,1-4H3,(H,29,32). The zero-order valence-corrected chi connectivity index (χ0v) is 19.0. The fraction of sp³-hybridized carbons (Fsp3) is 0.280. The summed E-state index contributed by atoms with van der Waals surface area (Å²) in [6, 6.07) is 6.46. The second-order valence-electron chi connectivity index (χ2n) is 8.23. The molecule has 0 atom stereocenters. The van der Waals surface area contributed by atoms with Crippen LogP contribution in [0.25, 0.3) is 11.3 Å². The minimum absolute atomic E-state index is 0.0696. The Morgan fingerprint density at radius 1 is 1.27 bits per heavy atom. The van der Waals surface area contributed by atoms with Crippen molar-refractivity contribution < 1.29 is 13.9 Å². The molecule has 0 bridgehead atoms. The van der Waals surface area contributed by atoms with Gasteiger partial charge in [-0.1, -0.05) is 17.9 Å². The summed E-state index contributed by atoms with van der Waals surface area (Å²) >= 11 is 0. The van der Waals surface area contributed by atoms with Crippen molar-refractivity contribution in [2.75, 3.05) is 26.0 Å². The van der Waals surface area contributed by atoms with E-state index in [-0.39, 0.29) is 11.7 Å². The van der Waals surface area contributed by atoms with Crippen LogP contribution in [0.15, 0.2) is 36.7 Å². The number of hydrogen-bond donors (Lipinski definition) is 4. The summed E-state index contributed by atoms with van der Waals surface area (Å²) in [5.41, 5.74) is 4.02. The molecule has 0 aliphatic carbocycles. The summed E-state index contributed by atoms with van der Waals surface area (Å²) in [7, 11) is 3.26. The highest BCUT2D eigenvalue weighted by atomic mass is 19.1. The lowest BCUT2D eigenvalue weighted by Gasteiger charge is -2.17. The van der Waals surface area contributed by atoms with E-state index in [1.807, 2.05) is 27.0 Å². The van der Waals surface area contributed by atoms with Crippen LogP contribution in [0, 0.1) is 17.7 Å². The van der Waals surface area contributed by atoms with Gasteiger partial charge in [0.2, 0.25) is 0 Å². The normalized spacial score (nSPS) is 12.9. The van der Waals surface area contributed by atoms with Crippen LogP contribution in [-0.4, -0.2) is 42.1 Å². The third-order valence-corrected chi connectivity index (χ3v) is 5.62. The van der Waals surface area contributed by atoms with Gasteiger partial charge >= 0.3 is 0 Å². The molecule has 33 heavy (non-hydrogen) atoms. The van der Waals surface area contributed by atoms with Gasteiger partial charge in [-0.3, -0.25) is 9.78 Å². The van der Waals surface area contributed by atoms with Gasteiger partial charge < -0.3 is 25.7 Å². The second kappa shape index (κ2) is 8.96. The molecule has 1 aromatic carbocycles. The van der Waals surface area contributed by atoms with Gasteiger partial charge in [0, 0.05) is 36.6 Å². The second-order valence-corrected chi connectivity index (χ2v) is 8.23. The third-order valence-electron chi connectivity index (χ3n) is 5.62. The molecule has 0 radical (unpaired) electrons. The number of benzene rings is 1. The largest absolute Gasteiger partial charge is 0.492 e. The molecule has 8 heteroatoms. The molecule has 7 nitrogen and oxygen atoms in total. The van der Waals surface area contributed by atoms with Gasteiger partial charge in [0.1, 0.15) is 0 Å². The van der Waals surface area contributed by atoms with E-state index in [2.05, 4.69) is 37.8 Å². The summed E-state index contributed by atoms with van der Waals surface area (Å²) in [5.74, 6) is 5.80. The van der Waals surface area contributed by atoms with E-state index in [1.54, 1.807) is 24.5 Å². The summed E-state index contributed by atoms with van der Waals surface area (Å²) < 4.78 is 19.6. The summed E-state index contributed by atoms with van der Waals surface area (Å²) in [6.07, 6.45) is 4.02. The highest BCUT2D eigenvalue weighted by Gasteiger charge is 2.28. The molecule has 1 aliphatic rings. The quantitative estimate of drug-likeness (QED) is 0.449. The van der Waals surface area contributed by atoms with Gasteiger partial charge in [0.15, 0.2) is 11.6 Å². The predicted octanol–water partition coefficient (Wildman–Crippen LogP) is 3.60. The van der Waals surface area contributed by atoms with E-state index in [0.717, 1.165) is 11.3 Å². The SMILES string of the molecule is CNC(C)(C)C#Cc1cnccc1-c1[nH]c2c(c1Nc1cccc(F)c1OC)C(=O)NCC2. The number of amides is 1. The van der Waals surface area contributed by atoms with Crippen molar-refractivity contribution in [3.05, 3.63) is 59.3 Å². The van der Waals surface area contributed by atoms with E-state index in [9.17, 15) is 9.18 Å². The number of nitrogens with zero attached hydrogens (tertiary/aromatic N) is 1. The van der Waals surface area contributed by atoms with E-state index in [0.29, 0.717) is 41.2 Å². The Kier molecular flexibility index (Phi) is 6.07. The molecule has 0 spiro atoms. The van der Waals surface area contributed by atoms with Gasteiger partial charge in [-0.25, -0.2) is 4.39 Å². The average molecular weight is 448 g/mol. The highest BCUT2D eigenvalue weighted by Crippen LogP contribution is 2.40. The Morgan fingerprint density at radius 2 is 2.09 bits per heavy atom. The van der Waals surface area contributed by atoms with Crippen LogP contribution in [0.2, 0.25) is 0 Å². The zero-order valence-electron chi connectivity index (χ0n) is 19.0. The number of hydrogen-bond acceptors (Lipinski definition) is 5. The number of aromatic nitrogens is 2. The van der Waals surface area contributed by atoms with E-state index >= 15 is 0 Å². The number of methoxy groups -OCH3 is 1. The lowest BCUT2D eigenvalue weighted by molar-refractivity contribution is 0.0947. The fourth-order valence-electron chi connectivity index (χ4n) is 3.65. The molecule has 3 aromatic rings. The maximum Gasteiger partial charge on any atom is 0.255 e. The minimum Gasteiger partial charge on any atom is -0.492 e. The highest BCUT2D eigenvalue weighted by molar-refractivity contribution is 6.06. The van der Waals surface area contributed by atoms with Crippen molar-refractivity contribution in [3.63, 3.8) is 0 Å².